The summed E-state index contributed by atoms with van der Waals surface area (Å²) in [4.78, 5) is 2.69. The van der Waals surface area contributed by atoms with Gasteiger partial charge in [0.1, 0.15) is 0 Å². The normalized spacial score (nSPS) is 24.2. The molecule has 0 amide bonds. The van der Waals surface area contributed by atoms with Gasteiger partial charge in [0.25, 0.3) is 0 Å². The van der Waals surface area contributed by atoms with Crippen LogP contribution in [0, 0.1) is 11.8 Å². The number of piperidine rings is 1. The van der Waals surface area contributed by atoms with Gasteiger partial charge >= 0.3 is 0 Å². The van der Waals surface area contributed by atoms with Crippen molar-refractivity contribution in [2.75, 3.05) is 26.2 Å². The van der Waals surface area contributed by atoms with Crippen LogP contribution in [0.2, 0.25) is 0 Å². The van der Waals surface area contributed by atoms with Crippen molar-refractivity contribution in [2.24, 2.45) is 11.8 Å². The Morgan fingerprint density at radius 1 is 1.29 bits per heavy atom. The average Bonchev–Trinajstić information content (AvgIpc) is 2.34. The van der Waals surface area contributed by atoms with Crippen LogP contribution in [0.4, 0.5) is 0 Å². The second kappa shape index (κ2) is 8.10. The summed E-state index contributed by atoms with van der Waals surface area (Å²) in [6.07, 6.45) is 5.44. The number of nitrogens with one attached hydrogen (secondary N) is 1. The van der Waals surface area contributed by atoms with Crippen molar-refractivity contribution in [1.29, 1.82) is 0 Å². The Morgan fingerprint density at radius 3 is 2.65 bits per heavy atom. The molecule has 1 heterocycles. The molecule has 0 aromatic rings. The van der Waals surface area contributed by atoms with Crippen LogP contribution in [0.5, 0.6) is 0 Å². The minimum atomic E-state index is 0.672. The van der Waals surface area contributed by atoms with Crippen molar-refractivity contribution >= 4 is 0 Å². The van der Waals surface area contributed by atoms with Gasteiger partial charge in [-0.1, -0.05) is 34.1 Å². The van der Waals surface area contributed by atoms with E-state index in [4.69, 9.17) is 0 Å². The molecule has 0 aliphatic carbocycles. The third kappa shape index (κ3) is 5.39. The molecule has 2 unspecified atom stereocenters. The second-order valence-corrected chi connectivity index (χ2v) is 5.98. The highest BCUT2D eigenvalue weighted by Gasteiger charge is 2.22. The number of hydrogen-bond donors (Lipinski definition) is 1. The summed E-state index contributed by atoms with van der Waals surface area (Å²) >= 11 is 0. The van der Waals surface area contributed by atoms with E-state index >= 15 is 0 Å². The minimum Gasteiger partial charge on any atom is -0.312 e. The predicted molar refractivity (Wildman–Crippen MR) is 76.4 cm³/mol. The van der Waals surface area contributed by atoms with Crippen LogP contribution in [0.25, 0.3) is 0 Å². The molecular weight excluding hydrogens is 208 g/mol. The molecule has 1 rings (SSSR count). The highest BCUT2D eigenvalue weighted by Crippen LogP contribution is 2.20. The molecular formula is C15H32N2. The van der Waals surface area contributed by atoms with E-state index in [-0.39, 0.29) is 0 Å². The molecule has 0 saturated carbocycles. The van der Waals surface area contributed by atoms with Crippen LogP contribution in [0.15, 0.2) is 0 Å². The molecule has 2 heteroatoms. The summed E-state index contributed by atoms with van der Waals surface area (Å²) in [6, 6.07) is 0.672. The molecule has 1 N–H and O–H groups in total. The summed E-state index contributed by atoms with van der Waals surface area (Å²) in [5.41, 5.74) is 0. The maximum absolute atomic E-state index is 3.71. The minimum absolute atomic E-state index is 0.672. The van der Waals surface area contributed by atoms with Crippen LogP contribution in [0.3, 0.4) is 0 Å². The summed E-state index contributed by atoms with van der Waals surface area (Å²) in [6.45, 7) is 14.3. The maximum Gasteiger partial charge on any atom is 0.0217 e. The van der Waals surface area contributed by atoms with Gasteiger partial charge in [0.15, 0.2) is 0 Å². The molecule has 1 aliphatic heterocycles. The van der Waals surface area contributed by atoms with Gasteiger partial charge in [-0.15, -0.1) is 0 Å². The Bertz CT molecular complexity index is 191. The second-order valence-electron chi connectivity index (χ2n) is 5.98. The lowest BCUT2D eigenvalue weighted by Gasteiger charge is -2.36. The van der Waals surface area contributed by atoms with E-state index in [2.05, 4.69) is 37.9 Å². The maximum atomic E-state index is 3.71. The van der Waals surface area contributed by atoms with Gasteiger partial charge in [0.05, 0.1) is 0 Å². The zero-order valence-electron chi connectivity index (χ0n) is 12.3. The molecule has 17 heavy (non-hydrogen) atoms. The molecule has 1 saturated heterocycles. The molecule has 2 nitrogen and oxygen atoms in total. The third-order valence-corrected chi connectivity index (χ3v) is 4.10. The number of nitrogens with zero attached hydrogens (tertiary/aromatic N) is 1. The largest absolute Gasteiger partial charge is 0.312 e. The summed E-state index contributed by atoms with van der Waals surface area (Å²) in [7, 11) is 0. The standard InChI is InChI=1S/C15H32N2/c1-5-9-16-15(13(3)4)12-17-10-7-8-14(6-2)11-17/h13-16H,5-12H2,1-4H3. The first kappa shape index (κ1) is 15.0. The quantitative estimate of drug-likeness (QED) is 0.735. The van der Waals surface area contributed by atoms with Crippen molar-refractivity contribution in [2.45, 2.75) is 59.4 Å². The summed E-state index contributed by atoms with van der Waals surface area (Å²) in [5.74, 6) is 1.69. The Labute approximate surface area is 108 Å². The van der Waals surface area contributed by atoms with E-state index in [0.29, 0.717) is 6.04 Å². The van der Waals surface area contributed by atoms with Gasteiger partial charge < -0.3 is 10.2 Å². The molecule has 2 atom stereocenters. The molecule has 1 aliphatic rings. The fourth-order valence-corrected chi connectivity index (χ4v) is 2.77. The fraction of sp³-hybridized carbons (Fsp3) is 1.00. The fourth-order valence-electron chi connectivity index (χ4n) is 2.77. The Balaban J connectivity index is 2.37. The van der Waals surface area contributed by atoms with Gasteiger partial charge in [-0.05, 0) is 44.2 Å². The lowest BCUT2D eigenvalue weighted by molar-refractivity contribution is 0.145. The van der Waals surface area contributed by atoms with Crippen LogP contribution in [0.1, 0.15) is 53.4 Å². The lowest BCUT2D eigenvalue weighted by atomic mass is 9.94. The smallest absolute Gasteiger partial charge is 0.0217 e. The average molecular weight is 240 g/mol. The van der Waals surface area contributed by atoms with Crippen molar-refractivity contribution < 1.29 is 0 Å². The van der Waals surface area contributed by atoms with E-state index in [1.165, 1.54) is 45.3 Å². The zero-order valence-corrected chi connectivity index (χ0v) is 12.3. The first-order valence-electron chi connectivity index (χ1n) is 7.63. The first-order valence-corrected chi connectivity index (χ1v) is 7.63. The van der Waals surface area contributed by atoms with Gasteiger partial charge in [0, 0.05) is 19.1 Å². The topological polar surface area (TPSA) is 15.3 Å². The molecule has 102 valence electrons. The van der Waals surface area contributed by atoms with Crippen molar-refractivity contribution in [3.05, 3.63) is 0 Å². The van der Waals surface area contributed by atoms with E-state index in [1.807, 2.05) is 0 Å². The van der Waals surface area contributed by atoms with Crippen LogP contribution < -0.4 is 5.32 Å². The Hall–Kier alpha value is -0.0800. The van der Waals surface area contributed by atoms with Crippen molar-refractivity contribution in [3.8, 4) is 0 Å². The molecule has 0 bridgehead atoms. The molecule has 0 radical (unpaired) electrons. The molecule has 0 aromatic carbocycles. The molecule has 1 fully saturated rings. The Morgan fingerprint density at radius 2 is 2.06 bits per heavy atom. The van der Waals surface area contributed by atoms with Gasteiger partial charge in [-0.3, -0.25) is 0 Å². The van der Waals surface area contributed by atoms with Gasteiger partial charge in [0.2, 0.25) is 0 Å². The van der Waals surface area contributed by atoms with Crippen molar-refractivity contribution in [1.82, 2.24) is 10.2 Å². The Kier molecular flexibility index (Phi) is 7.14. The van der Waals surface area contributed by atoms with Crippen LogP contribution in [-0.2, 0) is 0 Å². The van der Waals surface area contributed by atoms with E-state index < -0.39 is 0 Å². The van der Waals surface area contributed by atoms with E-state index in [1.54, 1.807) is 0 Å². The number of rotatable bonds is 7. The zero-order chi connectivity index (χ0) is 12.7. The monoisotopic (exact) mass is 240 g/mol. The highest BCUT2D eigenvalue weighted by atomic mass is 15.2. The molecule has 0 aromatic heterocycles. The molecule has 0 spiro atoms. The summed E-state index contributed by atoms with van der Waals surface area (Å²) in [5, 5.41) is 3.71. The van der Waals surface area contributed by atoms with E-state index in [9.17, 15) is 0 Å². The predicted octanol–water partition coefficient (Wildman–Crippen LogP) is 3.13. The van der Waals surface area contributed by atoms with Gasteiger partial charge in [-0.2, -0.15) is 0 Å². The van der Waals surface area contributed by atoms with E-state index in [0.717, 1.165) is 18.4 Å². The van der Waals surface area contributed by atoms with Crippen LogP contribution in [-0.4, -0.2) is 37.1 Å². The van der Waals surface area contributed by atoms with Gasteiger partial charge in [-0.25, -0.2) is 0 Å². The van der Waals surface area contributed by atoms with Crippen molar-refractivity contribution in [3.63, 3.8) is 0 Å². The summed E-state index contributed by atoms with van der Waals surface area (Å²) < 4.78 is 0. The first-order chi connectivity index (χ1) is 8.17. The number of hydrogen-bond acceptors (Lipinski definition) is 2. The SMILES string of the molecule is CCCNC(CN1CCCC(CC)C1)C(C)C. The third-order valence-electron chi connectivity index (χ3n) is 4.10. The van der Waals surface area contributed by atoms with Crippen LogP contribution >= 0.6 is 0 Å². The lowest BCUT2D eigenvalue weighted by Crippen LogP contribution is -2.47. The number of likely N-dealkylation sites (tertiary alicyclic amines) is 1. The highest BCUT2D eigenvalue weighted by molar-refractivity contribution is 4.79.